The molecular weight excluding hydrogens is 228 g/mol. The molecule has 2 rings (SSSR count). The first kappa shape index (κ1) is 11.9. The molecule has 3 N–H and O–H groups in total. The van der Waals surface area contributed by atoms with Crippen LogP contribution in [0.2, 0.25) is 0 Å². The molecule has 0 spiro atoms. The van der Waals surface area contributed by atoms with Crippen LogP contribution in [0.3, 0.4) is 0 Å². The molecule has 0 bridgehead atoms. The van der Waals surface area contributed by atoms with Crippen LogP contribution in [0.5, 0.6) is 0 Å². The summed E-state index contributed by atoms with van der Waals surface area (Å²) in [6.45, 7) is 0. The SMILES string of the molecule is NC(=O)NC(=O)c1ccccc1-c1ccccc1. The standard InChI is InChI=1S/C14H12N2O2/c15-14(18)16-13(17)12-9-5-4-8-11(12)10-6-2-1-3-7-10/h1-9H,(H3,15,16,17,18). The molecule has 18 heavy (non-hydrogen) atoms. The van der Waals surface area contributed by atoms with Crippen molar-refractivity contribution >= 4 is 11.9 Å². The van der Waals surface area contributed by atoms with E-state index in [0.29, 0.717) is 5.56 Å². The number of hydrogen-bond acceptors (Lipinski definition) is 2. The van der Waals surface area contributed by atoms with Gasteiger partial charge in [-0.1, -0.05) is 48.5 Å². The molecule has 90 valence electrons. The summed E-state index contributed by atoms with van der Waals surface area (Å²) in [7, 11) is 0. The summed E-state index contributed by atoms with van der Waals surface area (Å²) < 4.78 is 0. The van der Waals surface area contributed by atoms with Crippen LogP contribution in [-0.4, -0.2) is 11.9 Å². The Balaban J connectivity index is 2.44. The summed E-state index contributed by atoms with van der Waals surface area (Å²) in [4.78, 5) is 22.6. The molecule has 2 aromatic carbocycles. The maximum absolute atomic E-state index is 11.8. The Hall–Kier alpha value is -2.62. The Morgan fingerprint density at radius 3 is 2.17 bits per heavy atom. The number of imide groups is 1. The molecule has 3 amide bonds. The van der Waals surface area contributed by atoms with Gasteiger partial charge in [-0.2, -0.15) is 0 Å². The molecule has 0 aromatic heterocycles. The lowest BCUT2D eigenvalue weighted by Gasteiger charge is -2.08. The van der Waals surface area contributed by atoms with E-state index in [9.17, 15) is 9.59 Å². The number of urea groups is 1. The van der Waals surface area contributed by atoms with Gasteiger partial charge in [0.25, 0.3) is 5.91 Å². The first-order valence-corrected chi connectivity index (χ1v) is 5.43. The quantitative estimate of drug-likeness (QED) is 0.844. The minimum Gasteiger partial charge on any atom is -0.351 e. The Morgan fingerprint density at radius 2 is 1.50 bits per heavy atom. The molecule has 4 heteroatoms. The third-order valence-corrected chi connectivity index (χ3v) is 2.49. The van der Waals surface area contributed by atoms with Crippen LogP contribution in [-0.2, 0) is 0 Å². The second-order valence-corrected chi connectivity index (χ2v) is 3.73. The van der Waals surface area contributed by atoms with E-state index in [1.165, 1.54) is 0 Å². The number of nitrogens with one attached hydrogen (secondary N) is 1. The van der Waals surface area contributed by atoms with Crippen LogP contribution in [0.4, 0.5) is 4.79 Å². The van der Waals surface area contributed by atoms with Crippen LogP contribution >= 0.6 is 0 Å². The lowest BCUT2D eigenvalue weighted by atomic mass is 9.99. The van der Waals surface area contributed by atoms with Crippen molar-refractivity contribution in [3.63, 3.8) is 0 Å². The van der Waals surface area contributed by atoms with Crippen molar-refractivity contribution in [1.82, 2.24) is 5.32 Å². The first-order valence-electron chi connectivity index (χ1n) is 5.43. The number of hydrogen-bond donors (Lipinski definition) is 2. The lowest BCUT2D eigenvalue weighted by molar-refractivity contribution is 0.0967. The summed E-state index contributed by atoms with van der Waals surface area (Å²) in [5.74, 6) is -0.498. The normalized spacial score (nSPS) is 9.78. The van der Waals surface area contributed by atoms with Gasteiger partial charge in [0.15, 0.2) is 0 Å². The Kier molecular flexibility index (Phi) is 3.38. The molecule has 0 saturated heterocycles. The molecule has 0 unspecified atom stereocenters. The molecule has 0 heterocycles. The highest BCUT2D eigenvalue weighted by atomic mass is 16.2. The molecule has 0 atom stereocenters. The van der Waals surface area contributed by atoms with E-state index >= 15 is 0 Å². The van der Waals surface area contributed by atoms with Crippen molar-refractivity contribution in [1.29, 1.82) is 0 Å². The maximum atomic E-state index is 11.8. The molecule has 2 aromatic rings. The third-order valence-electron chi connectivity index (χ3n) is 2.49. The first-order chi connectivity index (χ1) is 8.68. The van der Waals surface area contributed by atoms with Crippen molar-refractivity contribution in [3.8, 4) is 11.1 Å². The van der Waals surface area contributed by atoms with Gasteiger partial charge >= 0.3 is 6.03 Å². The molecule has 0 fully saturated rings. The predicted octanol–water partition coefficient (Wildman–Crippen LogP) is 2.16. The minimum atomic E-state index is -0.858. The summed E-state index contributed by atoms with van der Waals surface area (Å²) in [5, 5.41) is 2.07. The van der Waals surface area contributed by atoms with Crippen LogP contribution in [0.15, 0.2) is 54.6 Å². The highest BCUT2D eigenvalue weighted by Crippen LogP contribution is 2.23. The zero-order valence-electron chi connectivity index (χ0n) is 9.59. The number of carbonyl (C=O) groups is 2. The van der Waals surface area contributed by atoms with E-state index in [0.717, 1.165) is 11.1 Å². The molecule has 0 aliphatic rings. The number of amides is 3. The highest BCUT2D eigenvalue weighted by Gasteiger charge is 2.13. The second kappa shape index (κ2) is 5.14. The third kappa shape index (κ3) is 2.55. The molecule has 4 nitrogen and oxygen atoms in total. The fourth-order valence-corrected chi connectivity index (χ4v) is 1.73. The molecule has 0 aliphatic carbocycles. The van der Waals surface area contributed by atoms with Crippen molar-refractivity contribution in [2.24, 2.45) is 5.73 Å². The van der Waals surface area contributed by atoms with Crippen LogP contribution in [0.25, 0.3) is 11.1 Å². The Labute approximate surface area is 104 Å². The van der Waals surface area contributed by atoms with Crippen molar-refractivity contribution in [3.05, 3.63) is 60.2 Å². The zero-order valence-corrected chi connectivity index (χ0v) is 9.59. The van der Waals surface area contributed by atoms with Gasteiger partial charge in [-0.15, -0.1) is 0 Å². The van der Waals surface area contributed by atoms with Gasteiger partial charge in [0.05, 0.1) is 0 Å². The van der Waals surface area contributed by atoms with Gasteiger partial charge in [-0.05, 0) is 17.2 Å². The van der Waals surface area contributed by atoms with Crippen LogP contribution < -0.4 is 11.1 Å². The second-order valence-electron chi connectivity index (χ2n) is 3.73. The average Bonchev–Trinajstić information content (AvgIpc) is 2.39. The van der Waals surface area contributed by atoms with Crippen molar-refractivity contribution in [2.75, 3.05) is 0 Å². The number of primary amides is 1. The largest absolute Gasteiger partial charge is 0.351 e. The van der Waals surface area contributed by atoms with E-state index in [1.54, 1.807) is 12.1 Å². The summed E-state index contributed by atoms with van der Waals surface area (Å²) in [6.07, 6.45) is 0. The topological polar surface area (TPSA) is 72.2 Å². The fraction of sp³-hybridized carbons (Fsp3) is 0. The number of benzene rings is 2. The molecule has 0 radical (unpaired) electrons. The number of carbonyl (C=O) groups excluding carboxylic acids is 2. The number of rotatable bonds is 2. The van der Waals surface area contributed by atoms with E-state index in [4.69, 9.17) is 5.73 Å². The molecule has 0 saturated carbocycles. The summed E-state index contributed by atoms with van der Waals surface area (Å²) >= 11 is 0. The van der Waals surface area contributed by atoms with Gasteiger partial charge in [0.1, 0.15) is 0 Å². The smallest absolute Gasteiger partial charge is 0.319 e. The highest BCUT2D eigenvalue weighted by molar-refractivity contribution is 6.07. The van der Waals surface area contributed by atoms with Gasteiger partial charge in [0, 0.05) is 5.56 Å². The van der Waals surface area contributed by atoms with Gasteiger partial charge in [-0.25, -0.2) is 4.79 Å². The zero-order chi connectivity index (χ0) is 13.0. The van der Waals surface area contributed by atoms with E-state index in [-0.39, 0.29) is 0 Å². The van der Waals surface area contributed by atoms with Gasteiger partial charge < -0.3 is 5.73 Å². The molecule has 0 aliphatic heterocycles. The lowest BCUT2D eigenvalue weighted by Crippen LogP contribution is -2.35. The van der Waals surface area contributed by atoms with Crippen molar-refractivity contribution < 1.29 is 9.59 Å². The fourth-order valence-electron chi connectivity index (χ4n) is 1.73. The van der Waals surface area contributed by atoms with E-state index < -0.39 is 11.9 Å². The van der Waals surface area contributed by atoms with Crippen LogP contribution in [0.1, 0.15) is 10.4 Å². The summed E-state index contributed by atoms with van der Waals surface area (Å²) in [5.41, 5.74) is 7.04. The van der Waals surface area contributed by atoms with E-state index in [2.05, 4.69) is 5.32 Å². The van der Waals surface area contributed by atoms with Crippen molar-refractivity contribution in [2.45, 2.75) is 0 Å². The monoisotopic (exact) mass is 240 g/mol. The van der Waals surface area contributed by atoms with E-state index in [1.807, 2.05) is 42.5 Å². The predicted molar refractivity (Wildman–Crippen MR) is 68.9 cm³/mol. The van der Waals surface area contributed by atoms with Gasteiger partial charge in [-0.3, -0.25) is 10.1 Å². The summed E-state index contributed by atoms with van der Waals surface area (Å²) in [6, 6.07) is 15.7. The Morgan fingerprint density at radius 1 is 0.889 bits per heavy atom. The average molecular weight is 240 g/mol. The minimum absolute atomic E-state index is 0.419. The number of nitrogens with two attached hydrogens (primary N) is 1. The molecular formula is C14H12N2O2. The van der Waals surface area contributed by atoms with Crippen LogP contribution in [0, 0.1) is 0 Å². The Bertz CT molecular complexity index is 579. The maximum Gasteiger partial charge on any atom is 0.319 e. The van der Waals surface area contributed by atoms with Gasteiger partial charge in [0.2, 0.25) is 0 Å².